The third kappa shape index (κ3) is 3.21. The monoisotopic (exact) mass is 326 g/mol. The van der Waals surface area contributed by atoms with Gasteiger partial charge >= 0.3 is 0 Å². The summed E-state index contributed by atoms with van der Waals surface area (Å²) in [7, 11) is 0. The first-order valence-corrected chi connectivity index (χ1v) is 6.77. The molecule has 1 aromatic carbocycles. The van der Waals surface area contributed by atoms with Crippen molar-refractivity contribution in [2.75, 3.05) is 0 Å². The molecule has 5 heteroatoms. The van der Waals surface area contributed by atoms with Gasteiger partial charge in [0.1, 0.15) is 12.4 Å². The van der Waals surface area contributed by atoms with Crippen LogP contribution in [0.4, 0.5) is 0 Å². The van der Waals surface area contributed by atoms with E-state index in [1.54, 1.807) is 18.5 Å². The Balaban J connectivity index is 2.19. The average Bonchev–Trinajstić information content (AvgIpc) is 2.38. The first-order chi connectivity index (χ1) is 8.70. The van der Waals surface area contributed by atoms with Crippen molar-refractivity contribution in [2.45, 2.75) is 19.4 Å². The van der Waals surface area contributed by atoms with Crippen LogP contribution in [0.5, 0.6) is 5.75 Å². The molecule has 3 nitrogen and oxygen atoms in total. The lowest BCUT2D eigenvalue weighted by atomic mass is 10.1. The molecule has 0 aliphatic carbocycles. The molecule has 0 unspecified atom stereocenters. The molecule has 0 aliphatic heterocycles. The normalized spacial score (nSPS) is 10.4. The van der Waals surface area contributed by atoms with Gasteiger partial charge in [-0.05, 0) is 30.7 Å². The fourth-order valence-electron chi connectivity index (χ4n) is 1.65. The highest BCUT2D eigenvalue weighted by atomic mass is 79.9. The maximum absolute atomic E-state index is 5.93. The van der Waals surface area contributed by atoms with Gasteiger partial charge in [-0.2, -0.15) is 0 Å². The van der Waals surface area contributed by atoms with Crippen LogP contribution in [0.3, 0.4) is 0 Å². The van der Waals surface area contributed by atoms with Gasteiger partial charge in [-0.15, -0.1) is 11.6 Å². The lowest BCUT2D eigenvalue weighted by molar-refractivity contribution is 0.291. The van der Waals surface area contributed by atoms with Gasteiger partial charge in [0.2, 0.25) is 0 Å². The molecule has 2 rings (SSSR count). The van der Waals surface area contributed by atoms with Gasteiger partial charge in [0.05, 0.1) is 5.88 Å². The van der Waals surface area contributed by atoms with Crippen molar-refractivity contribution in [1.82, 2.24) is 9.97 Å². The van der Waals surface area contributed by atoms with Gasteiger partial charge in [-0.1, -0.05) is 15.9 Å². The molecule has 0 saturated carbocycles. The summed E-state index contributed by atoms with van der Waals surface area (Å²) >= 11 is 9.37. The van der Waals surface area contributed by atoms with Crippen molar-refractivity contribution in [3.63, 3.8) is 0 Å². The highest BCUT2D eigenvalue weighted by Gasteiger charge is 2.09. The van der Waals surface area contributed by atoms with E-state index in [2.05, 4.69) is 25.9 Å². The molecule has 0 saturated heterocycles. The molecule has 0 radical (unpaired) electrons. The van der Waals surface area contributed by atoms with Gasteiger partial charge in [-0.3, -0.25) is 0 Å². The van der Waals surface area contributed by atoms with E-state index < -0.39 is 0 Å². The zero-order valence-electron chi connectivity index (χ0n) is 9.86. The number of nitrogens with zero attached hydrogens (tertiary/aromatic N) is 2. The molecule has 0 atom stereocenters. The molecule has 2 aromatic rings. The Kier molecular flexibility index (Phi) is 4.55. The van der Waals surface area contributed by atoms with Crippen molar-refractivity contribution >= 4 is 27.5 Å². The van der Waals surface area contributed by atoms with Crippen molar-refractivity contribution < 1.29 is 4.74 Å². The number of benzene rings is 1. The van der Waals surface area contributed by atoms with E-state index in [1.807, 2.05) is 19.1 Å². The number of ether oxygens (including phenoxy) is 1. The van der Waals surface area contributed by atoms with Crippen LogP contribution in [-0.2, 0) is 12.5 Å². The number of hydrogen-bond donors (Lipinski definition) is 0. The Morgan fingerprint density at radius 2 is 2.00 bits per heavy atom. The van der Waals surface area contributed by atoms with Crippen LogP contribution in [0, 0.1) is 6.92 Å². The van der Waals surface area contributed by atoms with Crippen LogP contribution >= 0.6 is 27.5 Å². The molecule has 0 aliphatic rings. The standard InChI is InChI=1S/C13H12BrClN2O/c1-9-5-11(14)6-10(7-15)13(9)18-8-12-16-3-2-4-17-12/h2-6H,7-8H2,1H3. The van der Waals surface area contributed by atoms with E-state index in [9.17, 15) is 0 Å². The molecule has 0 N–H and O–H groups in total. The minimum Gasteiger partial charge on any atom is -0.485 e. The van der Waals surface area contributed by atoms with Crippen molar-refractivity contribution in [3.05, 3.63) is 52.0 Å². The summed E-state index contributed by atoms with van der Waals surface area (Å²) in [5, 5.41) is 0. The van der Waals surface area contributed by atoms with E-state index in [1.165, 1.54) is 0 Å². The van der Waals surface area contributed by atoms with Crippen LogP contribution in [0.1, 0.15) is 17.0 Å². The third-order valence-corrected chi connectivity index (χ3v) is 3.17. The lowest BCUT2D eigenvalue weighted by Gasteiger charge is -2.12. The minimum absolute atomic E-state index is 0.340. The summed E-state index contributed by atoms with van der Waals surface area (Å²) in [5.74, 6) is 1.87. The fourth-order valence-corrected chi connectivity index (χ4v) is 2.46. The van der Waals surface area contributed by atoms with Crippen LogP contribution in [0.2, 0.25) is 0 Å². The molecule has 1 aromatic heterocycles. The Hall–Kier alpha value is -1.13. The van der Waals surface area contributed by atoms with Crippen molar-refractivity contribution in [1.29, 1.82) is 0 Å². The molecule has 0 amide bonds. The van der Waals surface area contributed by atoms with Crippen molar-refractivity contribution in [2.24, 2.45) is 0 Å². The Morgan fingerprint density at radius 3 is 2.67 bits per heavy atom. The maximum Gasteiger partial charge on any atom is 0.166 e. The Morgan fingerprint density at radius 1 is 1.28 bits per heavy atom. The van der Waals surface area contributed by atoms with Crippen LogP contribution in [-0.4, -0.2) is 9.97 Å². The third-order valence-electron chi connectivity index (χ3n) is 2.43. The van der Waals surface area contributed by atoms with Gasteiger partial charge < -0.3 is 4.74 Å². The second kappa shape index (κ2) is 6.16. The van der Waals surface area contributed by atoms with Crippen LogP contribution in [0.25, 0.3) is 0 Å². The first-order valence-electron chi connectivity index (χ1n) is 5.44. The molecule has 0 bridgehead atoms. The second-order valence-corrected chi connectivity index (χ2v) is 4.98. The number of rotatable bonds is 4. The summed E-state index contributed by atoms with van der Waals surface area (Å²) in [6.45, 7) is 2.33. The zero-order valence-corrected chi connectivity index (χ0v) is 12.2. The molecular formula is C13H12BrClN2O. The number of hydrogen-bond acceptors (Lipinski definition) is 3. The number of aryl methyl sites for hydroxylation is 1. The maximum atomic E-state index is 5.93. The number of alkyl halides is 1. The topological polar surface area (TPSA) is 35.0 Å². The van der Waals surface area contributed by atoms with Crippen LogP contribution < -0.4 is 4.74 Å². The van der Waals surface area contributed by atoms with Gasteiger partial charge in [0.15, 0.2) is 5.82 Å². The summed E-state index contributed by atoms with van der Waals surface area (Å²) in [6.07, 6.45) is 3.39. The van der Waals surface area contributed by atoms with Crippen LogP contribution in [0.15, 0.2) is 35.1 Å². The highest BCUT2D eigenvalue weighted by molar-refractivity contribution is 9.10. The number of halogens is 2. The predicted octanol–water partition coefficient (Wildman–Crippen LogP) is 3.87. The quantitative estimate of drug-likeness (QED) is 0.800. The van der Waals surface area contributed by atoms with E-state index >= 15 is 0 Å². The lowest BCUT2D eigenvalue weighted by Crippen LogP contribution is -2.03. The second-order valence-electron chi connectivity index (χ2n) is 3.80. The van der Waals surface area contributed by atoms with Gasteiger partial charge in [0, 0.05) is 22.4 Å². The van der Waals surface area contributed by atoms with E-state index in [-0.39, 0.29) is 0 Å². The highest BCUT2D eigenvalue weighted by Crippen LogP contribution is 2.29. The molecule has 94 valence electrons. The minimum atomic E-state index is 0.340. The summed E-state index contributed by atoms with van der Waals surface area (Å²) in [6, 6.07) is 5.73. The Labute approximate surface area is 119 Å². The molecular weight excluding hydrogens is 316 g/mol. The van der Waals surface area contributed by atoms with E-state index in [0.717, 1.165) is 21.3 Å². The van der Waals surface area contributed by atoms with E-state index in [4.69, 9.17) is 16.3 Å². The fraction of sp³-hybridized carbons (Fsp3) is 0.231. The molecule has 0 spiro atoms. The predicted molar refractivity (Wildman–Crippen MR) is 74.8 cm³/mol. The van der Waals surface area contributed by atoms with E-state index in [0.29, 0.717) is 18.3 Å². The molecule has 0 fully saturated rings. The SMILES string of the molecule is Cc1cc(Br)cc(CCl)c1OCc1ncccn1. The summed E-state index contributed by atoms with van der Waals surface area (Å²) < 4.78 is 6.77. The average molecular weight is 328 g/mol. The Bertz CT molecular complexity index is 534. The van der Waals surface area contributed by atoms with Gasteiger partial charge in [-0.25, -0.2) is 9.97 Å². The first kappa shape index (κ1) is 13.3. The summed E-state index contributed by atoms with van der Waals surface area (Å²) in [5.41, 5.74) is 2.00. The molecule has 1 heterocycles. The van der Waals surface area contributed by atoms with Crippen molar-refractivity contribution in [3.8, 4) is 5.75 Å². The largest absolute Gasteiger partial charge is 0.485 e. The van der Waals surface area contributed by atoms with Gasteiger partial charge in [0.25, 0.3) is 0 Å². The zero-order chi connectivity index (χ0) is 13.0. The number of aromatic nitrogens is 2. The summed E-state index contributed by atoms with van der Waals surface area (Å²) in [4.78, 5) is 8.24. The molecule has 18 heavy (non-hydrogen) atoms. The smallest absolute Gasteiger partial charge is 0.166 e.